The zero-order chi connectivity index (χ0) is 12.5. The highest BCUT2D eigenvalue weighted by Gasteiger charge is 2.12. The van der Waals surface area contributed by atoms with Crippen molar-refractivity contribution in [3.8, 4) is 10.6 Å². The second-order valence-electron chi connectivity index (χ2n) is 3.66. The average molecular weight is 280 g/mol. The van der Waals surface area contributed by atoms with E-state index in [1.165, 1.54) is 23.5 Å². The summed E-state index contributed by atoms with van der Waals surface area (Å²) in [5.41, 5.74) is 0.764. The Morgan fingerprint density at radius 1 is 1.39 bits per heavy atom. The van der Waals surface area contributed by atoms with Gasteiger partial charge in [0, 0.05) is 5.56 Å². The Morgan fingerprint density at radius 3 is 3.06 bits per heavy atom. The Morgan fingerprint density at radius 2 is 2.28 bits per heavy atom. The van der Waals surface area contributed by atoms with Gasteiger partial charge in [-0.25, -0.2) is 4.39 Å². The van der Waals surface area contributed by atoms with Crippen LogP contribution in [0.4, 0.5) is 4.39 Å². The third kappa shape index (κ3) is 1.99. The quantitative estimate of drug-likeness (QED) is 0.740. The number of thioether (sulfide) groups is 1. The molecule has 0 unspecified atom stereocenters. The van der Waals surface area contributed by atoms with Crippen LogP contribution in [-0.4, -0.2) is 26.1 Å². The third-order valence-corrected chi connectivity index (χ3v) is 3.90. The lowest BCUT2D eigenvalue weighted by Crippen LogP contribution is -1.93. The maximum Gasteiger partial charge on any atom is 0.235 e. The fourth-order valence-corrected chi connectivity index (χ4v) is 2.91. The minimum absolute atomic E-state index is 0.261. The van der Waals surface area contributed by atoms with Crippen LogP contribution in [0.15, 0.2) is 24.3 Å². The van der Waals surface area contributed by atoms with E-state index in [-0.39, 0.29) is 5.82 Å². The number of hydrogen-bond acceptors (Lipinski definition) is 5. The van der Waals surface area contributed by atoms with Gasteiger partial charge in [0.05, 0.1) is 5.75 Å². The predicted octanol–water partition coefficient (Wildman–Crippen LogP) is 2.85. The normalized spacial score (nSPS) is 11.2. The molecule has 0 aliphatic carbocycles. The number of benzene rings is 1. The van der Waals surface area contributed by atoms with E-state index in [4.69, 9.17) is 0 Å². The van der Waals surface area contributed by atoms with E-state index in [1.807, 2.05) is 12.3 Å². The summed E-state index contributed by atoms with van der Waals surface area (Å²) in [5, 5.41) is 13.3. The standard InChI is InChI=1S/C11H9FN4S2/c1-17-6-9-13-14-11-16(9)15-10(18-11)7-3-2-4-8(12)5-7/h2-5H,6H2,1H3. The first-order chi connectivity index (χ1) is 8.78. The molecule has 0 fully saturated rings. The summed E-state index contributed by atoms with van der Waals surface area (Å²) in [4.78, 5) is 0.735. The molecule has 0 saturated carbocycles. The monoisotopic (exact) mass is 280 g/mol. The van der Waals surface area contributed by atoms with E-state index in [0.29, 0.717) is 0 Å². The Kier molecular flexibility index (Phi) is 3.00. The molecule has 1 aromatic carbocycles. The Labute approximate surface area is 111 Å². The number of nitrogens with zero attached hydrogens (tertiary/aromatic N) is 4. The lowest BCUT2D eigenvalue weighted by Gasteiger charge is -1.95. The molecule has 18 heavy (non-hydrogen) atoms. The van der Waals surface area contributed by atoms with Crippen LogP contribution in [-0.2, 0) is 5.75 Å². The number of fused-ring (bicyclic) bond motifs is 1. The molecule has 3 aromatic rings. The van der Waals surface area contributed by atoms with Gasteiger partial charge in [-0.1, -0.05) is 23.5 Å². The number of rotatable bonds is 3. The molecule has 0 saturated heterocycles. The van der Waals surface area contributed by atoms with E-state index in [2.05, 4.69) is 15.3 Å². The Hall–Kier alpha value is -1.47. The number of hydrogen-bond donors (Lipinski definition) is 0. The lowest BCUT2D eigenvalue weighted by atomic mass is 10.2. The molecule has 0 amide bonds. The smallest absolute Gasteiger partial charge is 0.207 e. The minimum atomic E-state index is -0.261. The first-order valence-electron chi connectivity index (χ1n) is 5.24. The Balaban J connectivity index is 2.08. The van der Waals surface area contributed by atoms with Gasteiger partial charge in [0.2, 0.25) is 4.96 Å². The van der Waals surface area contributed by atoms with Gasteiger partial charge in [0.25, 0.3) is 0 Å². The first kappa shape index (κ1) is 11.6. The maximum atomic E-state index is 13.2. The second kappa shape index (κ2) is 4.66. The van der Waals surface area contributed by atoms with Crippen molar-refractivity contribution in [3.05, 3.63) is 35.9 Å². The van der Waals surface area contributed by atoms with Gasteiger partial charge in [0.1, 0.15) is 10.8 Å². The van der Waals surface area contributed by atoms with Crippen molar-refractivity contribution in [2.24, 2.45) is 0 Å². The van der Waals surface area contributed by atoms with Crippen LogP contribution in [0, 0.1) is 5.82 Å². The molecule has 7 heteroatoms. The lowest BCUT2D eigenvalue weighted by molar-refractivity contribution is 0.628. The van der Waals surface area contributed by atoms with Crippen molar-refractivity contribution in [3.63, 3.8) is 0 Å². The van der Waals surface area contributed by atoms with E-state index in [1.54, 1.807) is 22.3 Å². The molecule has 0 aliphatic rings. The SMILES string of the molecule is CSCc1nnc2sc(-c3cccc(F)c3)nn12. The molecule has 0 bridgehead atoms. The van der Waals surface area contributed by atoms with Crippen LogP contribution in [0.2, 0.25) is 0 Å². The van der Waals surface area contributed by atoms with Gasteiger partial charge in [0.15, 0.2) is 5.82 Å². The molecule has 92 valence electrons. The molecule has 0 aliphatic heterocycles. The van der Waals surface area contributed by atoms with Crippen molar-refractivity contribution in [2.45, 2.75) is 5.75 Å². The van der Waals surface area contributed by atoms with Crippen LogP contribution < -0.4 is 0 Å². The van der Waals surface area contributed by atoms with Gasteiger partial charge in [-0.15, -0.1) is 10.2 Å². The van der Waals surface area contributed by atoms with Crippen LogP contribution in [0.5, 0.6) is 0 Å². The fourth-order valence-electron chi connectivity index (χ4n) is 1.61. The van der Waals surface area contributed by atoms with Crippen LogP contribution in [0.3, 0.4) is 0 Å². The van der Waals surface area contributed by atoms with Gasteiger partial charge in [-0.05, 0) is 18.4 Å². The van der Waals surface area contributed by atoms with Gasteiger partial charge in [-0.3, -0.25) is 0 Å². The zero-order valence-electron chi connectivity index (χ0n) is 9.50. The van der Waals surface area contributed by atoms with Crippen LogP contribution in [0.1, 0.15) is 5.82 Å². The molecule has 0 spiro atoms. The summed E-state index contributed by atoms with van der Waals surface area (Å²) in [5.74, 6) is 1.31. The summed E-state index contributed by atoms with van der Waals surface area (Å²) in [6, 6.07) is 6.40. The second-order valence-corrected chi connectivity index (χ2v) is 5.48. The van der Waals surface area contributed by atoms with Crippen LogP contribution in [0.25, 0.3) is 15.5 Å². The zero-order valence-corrected chi connectivity index (χ0v) is 11.1. The van der Waals surface area contributed by atoms with Crippen LogP contribution >= 0.6 is 23.1 Å². The molecule has 0 radical (unpaired) electrons. The topological polar surface area (TPSA) is 43.1 Å². The molecule has 2 aromatic heterocycles. The summed E-state index contributed by atoms with van der Waals surface area (Å²) < 4.78 is 14.9. The van der Waals surface area contributed by atoms with Gasteiger partial charge >= 0.3 is 0 Å². The van der Waals surface area contributed by atoms with E-state index in [0.717, 1.165) is 27.1 Å². The van der Waals surface area contributed by atoms with Crippen molar-refractivity contribution in [1.29, 1.82) is 0 Å². The van der Waals surface area contributed by atoms with E-state index >= 15 is 0 Å². The molecule has 2 heterocycles. The molecule has 0 N–H and O–H groups in total. The average Bonchev–Trinajstić information content (AvgIpc) is 2.92. The molecule has 0 atom stereocenters. The third-order valence-electron chi connectivity index (χ3n) is 2.40. The van der Waals surface area contributed by atoms with E-state index in [9.17, 15) is 4.39 Å². The number of aromatic nitrogens is 4. The van der Waals surface area contributed by atoms with Crippen molar-refractivity contribution in [1.82, 2.24) is 19.8 Å². The summed E-state index contributed by atoms with van der Waals surface area (Å²) in [6.07, 6.45) is 2.00. The minimum Gasteiger partial charge on any atom is -0.207 e. The largest absolute Gasteiger partial charge is 0.235 e. The van der Waals surface area contributed by atoms with Gasteiger partial charge < -0.3 is 0 Å². The highest BCUT2D eigenvalue weighted by atomic mass is 32.2. The summed E-state index contributed by atoms with van der Waals surface area (Å²) in [7, 11) is 0. The fraction of sp³-hybridized carbons (Fsp3) is 0.182. The highest BCUT2D eigenvalue weighted by Crippen LogP contribution is 2.26. The van der Waals surface area contributed by atoms with Crippen molar-refractivity contribution >= 4 is 28.1 Å². The Bertz CT molecular complexity index is 691. The first-order valence-corrected chi connectivity index (χ1v) is 7.45. The van der Waals surface area contributed by atoms with Crippen molar-refractivity contribution < 1.29 is 4.39 Å². The maximum absolute atomic E-state index is 13.2. The van der Waals surface area contributed by atoms with Crippen molar-refractivity contribution in [2.75, 3.05) is 6.26 Å². The summed E-state index contributed by atoms with van der Waals surface area (Å²) in [6.45, 7) is 0. The summed E-state index contributed by atoms with van der Waals surface area (Å²) >= 11 is 3.07. The molecule has 3 rings (SSSR count). The molecular formula is C11H9FN4S2. The molecule has 4 nitrogen and oxygen atoms in total. The molecular weight excluding hydrogens is 271 g/mol. The van der Waals surface area contributed by atoms with Gasteiger partial charge in [-0.2, -0.15) is 21.4 Å². The number of halogens is 1. The van der Waals surface area contributed by atoms with E-state index < -0.39 is 0 Å². The highest BCUT2D eigenvalue weighted by molar-refractivity contribution is 7.97. The predicted molar refractivity (Wildman–Crippen MR) is 71.3 cm³/mol.